The first-order chi connectivity index (χ1) is 13.1. The lowest BCUT2D eigenvalue weighted by Crippen LogP contribution is -2.51. The maximum atomic E-state index is 12.7. The van der Waals surface area contributed by atoms with Gasteiger partial charge in [0, 0.05) is 25.2 Å². The van der Waals surface area contributed by atoms with E-state index in [1.54, 1.807) is 12.1 Å². The lowest BCUT2D eigenvalue weighted by molar-refractivity contribution is -0.124. The van der Waals surface area contributed by atoms with E-state index in [2.05, 4.69) is 10.6 Å². The second-order valence-electron chi connectivity index (χ2n) is 7.86. The van der Waals surface area contributed by atoms with Crippen LogP contribution < -0.4 is 10.6 Å². The van der Waals surface area contributed by atoms with Crippen molar-refractivity contribution in [1.29, 1.82) is 0 Å². The fraction of sp³-hybridized carbons (Fsp3) is 0.600. The molecule has 2 rings (SSSR count). The van der Waals surface area contributed by atoms with E-state index in [4.69, 9.17) is 0 Å². The molecule has 0 aromatic heterocycles. The lowest BCUT2D eigenvalue weighted by atomic mass is 9.97. The van der Waals surface area contributed by atoms with Gasteiger partial charge in [-0.3, -0.25) is 9.59 Å². The minimum absolute atomic E-state index is 0.0555. The smallest absolute Gasteiger partial charge is 0.252 e. The summed E-state index contributed by atoms with van der Waals surface area (Å²) < 4.78 is 24.6. The Morgan fingerprint density at radius 3 is 2.32 bits per heavy atom. The SMILES string of the molecule is Cc1ccccc1C(=O)NC(C(=O)NCC1CCN(S(C)(=O)=O)CC1)C(C)C. The van der Waals surface area contributed by atoms with Crippen LogP contribution in [0.5, 0.6) is 0 Å². The molecule has 0 bridgehead atoms. The number of hydrogen-bond acceptors (Lipinski definition) is 4. The summed E-state index contributed by atoms with van der Waals surface area (Å²) in [6.45, 7) is 7.11. The number of rotatable bonds is 7. The van der Waals surface area contributed by atoms with E-state index < -0.39 is 16.1 Å². The molecule has 1 unspecified atom stereocenters. The maximum Gasteiger partial charge on any atom is 0.252 e. The third-order valence-corrected chi connectivity index (χ3v) is 6.54. The van der Waals surface area contributed by atoms with Gasteiger partial charge in [-0.2, -0.15) is 0 Å². The summed E-state index contributed by atoms with van der Waals surface area (Å²) in [5.41, 5.74) is 1.43. The van der Waals surface area contributed by atoms with Crippen LogP contribution in [0.25, 0.3) is 0 Å². The first-order valence-electron chi connectivity index (χ1n) is 9.69. The Labute approximate surface area is 167 Å². The molecule has 1 aromatic carbocycles. The molecule has 0 aliphatic carbocycles. The molecule has 8 heteroatoms. The first kappa shape index (κ1) is 22.4. The van der Waals surface area contributed by atoms with E-state index in [9.17, 15) is 18.0 Å². The Morgan fingerprint density at radius 2 is 1.79 bits per heavy atom. The van der Waals surface area contributed by atoms with Crippen LogP contribution in [-0.4, -0.2) is 56.5 Å². The molecule has 7 nitrogen and oxygen atoms in total. The van der Waals surface area contributed by atoms with Crippen molar-refractivity contribution in [2.45, 2.75) is 39.7 Å². The molecule has 0 spiro atoms. The molecular formula is C20H31N3O4S. The van der Waals surface area contributed by atoms with Gasteiger partial charge in [0.05, 0.1) is 6.26 Å². The second-order valence-corrected chi connectivity index (χ2v) is 9.84. The molecule has 1 aromatic rings. The third-order valence-electron chi connectivity index (χ3n) is 5.23. The molecule has 28 heavy (non-hydrogen) atoms. The summed E-state index contributed by atoms with van der Waals surface area (Å²) in [6.07, 6.45) is 2.66. The van der Waals surface area contributed by atoms with Gasteiger partial charge in [-0.1, -0.05) is 32.0 Å². The summed E-state index contributed by atoms with van der Waals surface area (Å²) in [7, 11) is -3.15. The third kappa shape index (κ3) is 6.04. The molecule has 0 saturated carbocycles. The number of aryl methyl sites for hydroxylation is 1. The molecule has 156 valence electrons. The zero-order chi connectivity index (χ0) is 20.9. The molecule has 1 aliphatic rings. The van der Waals surface area contributed by atoms with E-state index in [-0.39, 0.29) is 23.7 Å². The normalized spacial score (nSPS) is 17.3. The molecule has 0 radical (unpaired) electrons. The van der Waals surface area contributed by atoms with Crippen molar-refractivity contribution >= 4 is 21.8 Å². The van der Waals surface area contributed by atoms with Gasteiger partial charge in [0.2, 0.25) is 15.9 Å². The van der Waals surface area contributed by atoms with E-state index in [0.717, 1.165) is 18.4 Å². The molecule has 1 atom stereocenters. The van der Waals surface area contributed by atoms with Gasteiger partial charge < -0.3 is 10.6 Å². The number of sulfonamides is 1. The van der Waals surface area contributed by atoms with Crippen molar-refractivity contribution in [3.8, 4) is 0 Å². The topological polar surface area (TPSA) is 95.6 Å². The number of nitrogens with zero attached hydrogens (tertiary/aromatic N) is 1. The average Bonchev–Trinajstić information content (AvgIpc) is 2.63. The molecule has 1 heterocycles. The highest BCUT2D eigenvalue weighted by atomic mass is 32.2. The highest BCUT2D eigenvalue weighted by Gasteiger charge is 2.28. The number of carbonyl (C=O) groups is 2. The van der Waals surface area contributed by atoms with Crippen LogP contribution in [0.3, 0.4) is 0 Å². The van der Waals surface area contributed by atoms with Crippen molar-refractivity contribution in [2.75, 3.05) is 25.9 Å². The van der Waals surface area contributed by atoms with Crippen LogP contribution in [0.4, 0.5) is 0 Å². The van der Waals surface area contributed by atoms with Gasteiger partial charge in [-0.15, -0.1) is 0 Å². The monoisotopic (exact) mass is 409 g/mol. The standard InChI is InChI=1S/C20H31N3O4S/c1-14(2)18(22-19(24)17-8-6-5-7-15(17)3)20(25)21-13-16-9-11-23(12-10-16)28(4,26)27/h5-8,14,16,18H,9-13H2,1-4H3,(H,21,25)(H,22,24). The summed E-state index contributed by atoms with van der Waals surface area (Å²) >= 11 is 0. The quantitative estimate of drug-likeness (QED) is 0.714. The van der Waals surface area contributed by atoms with Crippen LogP contribution in [0.2, 0.25) is 0 Å². The maximum absolute atomic E-state index is 12.7. The van der Waals surface area contributed by atoms with Gasteiger partial charge in [0.1, 0.15) is 6.04 Å². The highest BCUT2D eigenvalue weighted by molar-refractivity contribution is 7.88. The summed E-state index contributed by atoms with van der Waals surface area (Å²) in [6, 6.07) is 6.66. The Kier molecular flexibility index (Phi) is 7.60. The van der Waals surface area contributed by atoms with E-state index in [1.807, 2.05) is 32.9 Å². The fourth-order valence-corrected chi connectivity index (χ4v) is 4.26. The van der Waals surface area contributed by atoms with Crippen molar-refractivity contribution in [3.05, 3.63) is 35.4 Å². The Hall–Kier alpha value is -1.93. The largest absolute Gasteiger partial charge is 0.354 e. The summed E-state index contributed by atoms with van der Waals surface area (Å²) in [5, 5.41) is 5.79. The minimum Gasteiger partial charge on any atom is -0.354 e. The van der Waals surface area contributed by atoms with E-state index >= 15 is 0 Å². The highest BCUT2D eigenvalue weighted by Crippen LogP contribution is 2.18. The van der Waals surface area contributed by atoms with Gasteiger partial charge in [0.15, 0.2) is 0 Å². The Balaban J connectivity index is 1.90. The molecular weight excluding hydrogens is 378 g/mol. The number of carbonyl (C=O) groups excluding carboxylic acids is 2. The molecule has 1 fully saturated rings. The van der Waals surface area contributed by atoms with Crippen LogP contribution in [0, 0.1) is 18.8 Å². The first-order valence-corrected chi connectivity index (χ1v) is 11.5. The summed E-state index contributed by atoms with van der Waals surface area (Å²) in [4.78, 5) is 25.2. The average molecular weight is 410 g/mol. The van der Waals surface area contributed by atoms with Crippen molar-refractivity contribution in [3.63, 3.8) is 0 Å². The molecule has 2 N–H and O–H groups in total. The Bertz CT molecular complexity index is 799. The van der Waals surface area contributed by atoms with Gasteiger partial charge in [-0.25, -0.2) is 12.7 Å². The summed E-state index contributed by atoms with van der Waals surface area (Å²) in [5.74, 6) is -0.280. The number of nitrogens with one attached hydrogen (secondary N) is 2. The number of piperidine rings is 1. The van der Waals surface area contributed by atoms with Crippen molar-refractivity contribution in [2.24, 2.45) is 11.8 Å². The predicted molar refractivity (Wildman–Crippen MR) is 109 cm³/mol. The number of hydrogen-bond donors (Lipinski definition) is 2. The fourth-order valence-electron chi connectivity index (χ4n) is 3.38. The van der Waals surface area contributed by atoms with E-state index in [0.29, 0.717) is 25.2 Å². The number of benzene rings is 1. The second kappa shape index (κ2) is 9.52. The van der Waals surface area contributed by atoms with Crippen molar-refractivity contribution < 1.29 is 18.0 Å². The van der Waals surface area contributed by atoms with Crippen LogP contribution >= 0.6 is 0 Å². The predicted octanol–water partition coefficient (Wildman–Crippen LogP) is 1.54. The molecule has 1 aliphatic heterocycles. The zero-order valence-corrected chi connectivity index (χ0v) is 17.9. The van der Waals surface area contributed by atoms with Gasteiger partial charge in [0.25, 0.3) is 5.91 Å². The lowest BCUT2D eigenvalue weighted by Gasteiger charge is -2.31. The molecule has 2 amide bonds. The van der Waals surface area contributed by atoms with Crippen molar-refractivity contribution in [1.82, 2.24) is 14.9 Å². The Morgan fingerprint density at radius 1 is 1.18 bits per heavy atom. The minimum atomic E-state index is -3.15. The van der Waals surface area contributed by atoms with Crippen LogP contribution in [0.1, 0.15) is 42.6 Å². The molecule has 1 saturated heterocycles. The van der Waals surface area contributed by atoms with Gasteiger partial charge >= 0.3 is 0 Å². The van der Waals surface area contributed by atoms with Crippen LogP contribution in [-0.2, 0) is 14.8 Å². The number of amides is 2. The van der Waals surface area contributed by atoms with Gasteiger partial charge in [-0.05, 0) is 43.2 Å². The van der Waals surface area contributed by atoms with Crippen LogP contribution in [0.15, 0.2) is 24.3 Å². The zero-order valence-electron chi connectivity index (χ0n) is 17.1. The van der Waals surface area contributed by atoms with E-state index in [1.165, 1.54) is 10.6 Å².